The summed E-state index contributed by atoms with van der Waals surface area (Å²) >= 11 is 0. The molecule has 2 nitrogen and oxygen atoms in total. The van der Waals surface area contributed by atoms with Crippen molar-refractivity contribution in [2.24, 2.45) is 5.92 Å². The van der Waals surface area contributed by atoms with Crippen molar-refractivity contribution >= 4 is 12.0 Å². The van der Waals surface area contributed by atoms with Gasteiger partial charge in [0.2, 0.25) is 5.91 Å². The number of amides is 1. The molecule has 1 aliphatic carbocycles. The van der Waals surface area contributed by atoms with E-state index >= 15 is 0 Å². The zero-order chi connectivity index (χ0) is 12.3. The average molecular weight is 233 g/mol. The van der Waals surface area contributed by atoms with E-state index < -0.39 is 0 Å². The van der Waals surface area contributed by atoms with Crippen molar-refractivity contribution in [3.63, 3.8) is 0 Å². The number of carbonyl (C=O) groups is 1. The Morgan fingerprint density at radius 2 is 2.06 bits per heavy atom. The van der Waals surface area contributed by atoms with Crippen LogP contribution in [0.15, 0.2) is 30.3 Å². The number of carbonyl (C=O) groups excluding carboxylic acids is 1. The Labute approximate surface area is 101 Å². The van der Waals surface area contributed by atoms with Gasteiger partial charge in [-0.1, -0.05) is 12.1 Å². The molecule has 1 atom stereocenters. The molecule has 1 saturated carbocycles. The molecule has 90 valence electrons. The number of halogens is 1. The molecular formula is C14H16FNO. The van der Waals surface area contributed by atoms with Crippen LogP contribution in [0.3, 0.4) is 0 Å². The fourth-order valence-electron chi connectivity index (χ4n) is 1.73. The van der Waals surface area contributed by atoms with E-state index in [0.717, 1.165) is 5.56 Å². The first kappa shape index (κ1) is 11.8. The molecule has 0 spiro atoms. The molecule has 1 fully saturated rings. The SMILES string of the molecule is C[C@@H](NC(=O)/C=C/c1ccc(F)cc1)C1CC1. The molecule has 0 saturated heterocycles. The maximum absolute atomic E-state index is 12.6. The molecule has 0 aliphatic heterocycles. The Balaban J connectivity index is 1.86. The van der Waals surface area contributed by atoms with E-state index in [4.69, 9.17) is 0 Å². The summed E-state index contributed by atoms with van der Waals surface area (Å²) in [5, 5.41) is 2.92. The molecule has 0 unspecified atom stereocenters. The number of nitrogens with one attached hydrogen (secondary N) is 1. The molecule has 0 heterocycles. The van der Waals surface area contributed by atoms with Crippen molar-refractivity contribution in [2.75, 3.05) is 0 Å². The highest BCUT2D eigenvalue weighted by molar-refractivity contribution is 5.91. The van der Waals surface area contributed by atoms with Gasteiger partial charge in [0.05, 0.1) is 0 Å². The van der Waals surface area contributed by atoms with Crippen LogP contribution in [0.1, 0.15) is 25.3 Å². The van der Waals surface area contributed by atoms with Crippen LogP contribution < -0.4 is 5.32 Å². The predicted octanol–water partition coefficient (Wildman–Crippen LogP) is 2.75. The number of hydrogen-bond acceptors (Lipinski definition) is 1. The lowest BCUT2D eigenvalue weighted by Gasteiger charge is -2.10. The molecule has 0 radical (unpaired) electrons. The summed E-state index contributed by atoms with van der Waals surface area (Å²) in [6.45, 7) is 2.03. The second-order valence-electron chi connectivity index (χ2n) is 4.52. The summed E-state index contributed by atoms with van der Waals surface area (Å²) in [6.07, 6.45) is 5.60. The second kappa shape index (κ2) is 5.13. The molecule has 1 aromatic carbocycles. The first-order valence-electron chi connectivity index (χ1n) is 5.89. The maximum Gasteiger partial charge on any atom is 0.244 e. The van der Waals surface area contributed by atoms with E-state index in [0.29, 0.717) is 5.92 Å². The zero-order valence-electron chi connectivity index (χ0n) is 9.82. The van der Waals surface area contributed by atoms with E-state index in [9.17, 15) is 9.18 Å². The lowest BCUT2D eigenvalue weighted by atomic mass is 10.2. The summed E-state index contributed by atoms with van der Waals surface area (Å²) in [5.41, 5.74) is 0.820. The molecular weight excluding hydrogens is 217 g/mol. The Bertz CT molecular complexity index is 420. The summed E-state index contributed by atoms with van der Waals surface area (Å²) in [4.78, 5) is 11.6. The van der Waals surface area contributed by atoms with Crippen LogP contribution in [0.4, 0.5) is 4.39 Å². The minimum absolute atomic E-state index is 0.0891. The van der Waals surface area contributed by atoms with Crippen LogP contribution in [0.25, 0.3) is 6.08 Å². The fourth-order valence-corrected chi connectivity index (χ4v) is 1.73. The molecule has 1 N–H and O–H groups in total. The zero-order valence-corrected chi connectivity index (χ0v) is 9.82. The molecule has 2 rings (SSSR count). The van der Waals surface area contributed by atoms with Gasteiger partial charge in [-0.3, -0.25) is 4.79 Å². The van der Waals surface area contributed by atoms with Crippen LogP contribution in [0.5, 0.6) is 0 Å². The van der Waals surface area contributed by atoms with E-state index in [1.807, 2.05) is 6.92 Å². The predicted molar refractivity (Wildman–Crippen MR) is 65.8 cm³/mol. The van der Waals surface area contributed by atoms with Crippen molar-refractivity contribution in [1.82, 2.24) is 5.32 Å². The maximum atomic E-state index is 12.6. The molecule has 1 aromatic rings. The molecule has 0 bridgehead atoms. The summed E-state index contributed by atoms with van der Waals surface area (Å²) < 4.78 is 12.6. The number of hydrogen-bond donors (Lipinski definition) is 1. The molecule has 3 heteroatoms. The first-order valence-corrected chi connectivity index (χ1v) is 5.89. The smallest absolute Gasteiger partial charge is 0.244 e. The minimum atomic E-state index is -0.269. The van der Waals surface area contributed by atoms with Crippen molar-refractivity contribution in [1.29, 1.82) is 0 Å². The highest BCUT2D eigenvalue weighted by atomic mass is 19.1. The third kappa shape index (κ3) is 3.70. The lowest BCUT2D eigenvalue weighted by Crippen LogP contribution is -2.32. The Hall–Kier alpha value is -1.64. The van der Waals surface area contributed by atoms with Gasteiger partial charge in [0, 0.05) is 12.1 Å². The normalized spacial score (nSPS) is 17.1. The van der Waals surface area contributed by atoms with Crippen LogP contribution in [-0.2, 0) is 4.79 Å². The molecule has 0 aromatic heterocycles. The molecule has 1 amide bonds. The van der Waals surface area contributed by atoms with Gasteiger partial charge < -0.3 is 5.32 Å². The van der Waals surface area contributed by atoms with Crippen molar-refractivity contribution in [3.05, 3.63) is 41.7 Å². The van der Waals surface area contributed by atoms with E-state index in [-0.39, 0.29) is 17.8 Å². The Kier molecular flexibility index (Phi) is 3.57. The van der Waals surface area contributed by atoms with Crippen molar-refractivity contribution in [3.8, 4) is 0 Å². The van der Waals surface area contributed by atoms with Crippen LogP contribution in [-0.4, -0.2) is 11.9 Å². The van der Waals surface area contributed by atoms with E-state index in [2.05, 4.69) is 5.32 Å². The Morgan fingerprint density at radius 3 is 2.65 bits per heavy atom. The van der Waals surface area contributed by atoms with Gasteiger partial charge in [0.1, 0.15) is 5.82 Å². The van der Waals surface area contributed by atoms with Gasteiger partial charge in [-0.15, -0.1) is 0 Å². The lowest BCUT2D eigenvalue weighted by molar-refractivity contribution is -0.117. The fraction of sp³-hybridized carbons (Fsp3) is 0.357. The standard InChI is InChI=1S/C14H16FNO/c1-10(12-5-6-12)16-14(17)9-4-11-2-7-13(15)8-3-11/h2-4,7-10,12H,5-6H2,1H3,(H,16,17)/b9-4+/t10-/m1/s1. The molecule has 1 aliphatic rings. The van der Waals surface area contributed by atoms with Crippen LogP contribution in [0, 0.1) is 11.7 Å². The highest BCUT2D eigenvalue weighted by Gasteiger charge is 2.28. The first-order chi connectivity index (χ1) is 8.15. The van der Waals surface area contributed by atoms with Gasteiger partial charge in [-0.2, -0.15) is 0 Å². The average Bonchev–Trinajstić information content (AvgIpc) is 3.12. The number of benzene rings is 1. The largest absolute Gasteiger partial charge is 0.350 e. The number of rotatable bonds is 4. The molecule has 17 heavy (non-hydrogen) atoms. The van der Waals surface area contributed by atoms with Gasteiger partial charge in [-0.25, -0.2) is 4.39 Å². The van der Waals surface area contributed by atoms with Crippen molar-refractivity contribution in [2.45, 2.75) is 25.8 Å². The summed E-state index contributed by atoms with van der Waals surface area (Å²) in [5.74, 6) is 0.292. The minimum Gasteiger partial charge on any atom is -0.350 e. The van der Waals surface area contributed by atoms with Crippen molar-refractivity contribution < 1.29 is 9.18 Å². The van der Waals surface area contributed by atoms with Crippen LogP contribution in [0.2, 0.25) is 0 Å². The topological polar surface area (TPSA) is 29.1 Å². The third-order valence-corrected chi connectivity index (χ3v) is 3.00. The van der Waals surface area contributed by atoms with E-state index in [1.165, 1.54) is 31.1 Å². The van der Waals surface area contributed by atoms with E-state index in [1.54, 1.807) is 18.2 Å². The third-order valence-electron chi connectivity index (χ3n) is 3.00. The summed E-state index contributed by atoms with van der Waals surface area (Å²) in [6, 6.07) is 6.29. The van der Waals surface area contributed by atoms with Gasteiger partial charge >= 0.3 is 0 Å². The van der Waals surface area contributed by atoms with Crippen LogP contribution >= 0.6 is 0 Å². The monoisotopic (exact) mass is 233 g/mol. The van der Waals surface area contributed by atoms with Gasteiger partial charge in [-0.05, 0) is 49.5 Å². The van der Waals surface area contributed by atoms with Gasteiger partial charge in [0.15, 0.2) is 0 Å². The quantitative estimate of drug-likeness (QED) is 0.796. The summed E-state index contributed by atoms with van der Waals surface area (Å²) in [7, 11) is 0. The highest BCUT2D eigenvalue weighted by Crippen LogP contribution is 2.32. The Morgan fingerprint density at radius 1 is 1.41 bits per heavy atom. The van der Waals surface area contributed by atoms with Gasteiger partial charge in [0.25, 0.3) is 0 Å². The second-order valence-corrected chi connectivity index (χ2v) is 4.52.